The number of fused-ring (bicyclic) bond motifs is 1. The van der Waals surface area contributed by atoms with E-state index in [9.17, 15) is 9.59 Å². The molecule has 78 valence electrons. The number of aryl methyl sites for hydroxylation is 1. The Kier molecular flexibility index (Phi) is 1.85. The van der Waals surface area contributed by atoms with Crippen LogP contribution >= 0.6 is 0 Å². The Labute approximate surface area is 85.0 Å². The first-order valence-corrected chi connectivity index (χ1v) is 4.38. The van der Waals surface area contributed by atoms with Crippen LogP contribution in [0, 0.1) is 13.8 Å². The maximum atomic E-state index is 11.8. The van der Waals surface area contributed by atoms with Crippen LogP contribution in [0.15, 0.2) is 17.3 Å². The van der Waals surface area contributed by atoms with E-state index in [0.29, 0.717) is 11.2 Å². The van der Waals surface area contributed by atoms with Gasteiger partial charge >= 0.3 is 6.03 Å². The molecule has 0 saturated carbocycles. The quantitative estimate of drug-likeness (QED) is 0.660. The van der Waals surface area contributed by atoms with Gasteiger partial charge in [-0.1, -0.05) is 0 Å². The number of nitrogens with two attached hydrogens (primary N) is 1. The first-order chi connectivity index (χ1) is 7.04. The molecule has 2 N–H and O–H groups in total. The average Bonchev–Trinajstić information content (AvgIpc) is 2.62. The summed E-state index contributed by atoms with van der Waals surface area (Å²) < 4.78 is 2.57. The number of amides is 1. The van der Waals surface area contributed by atoms with E-state index in [1.165, 1.54) is 12.5 Å². The van der Waals surface area contributed by atoms with E-state index in [2.05, 4.69) is 4.98 Å². The molecular weight excluding hydrogens is 196 g/mol. The third kappa shape index (κ3) is 1.14. The van der Waals surface area contributed by atoms with E-state index in [1.54, 1.807) is 18.2 Å². The molecule has 6 nitrogen and oxygen atoms in total. The Morgan fingerprint density at radius 3 is 2.73 bits per heavy atom. The number of aromatic nitrogens is 3. The van der Waals surface area contributed by atoms with Gasteiger partial charge in [-0.2, -0.15) is 0 Å². The normalized spacial score (nSPS) is 10.8. The summed E-state index contributed by atoms with van der Waals surface area (Å²) in [6, 6.07) is -0.798. The molecule has 0 atom stereocenters. The lowest BCUT2D eigenvalue weighted by atomic mass is 10.2. The molecule has 0 unspecified atom stereocenters. The lowest BCUT2D eigenvalue weighted by Gasteiger charge is -2.08. The average molecular weight is 206 g/mol. The molecule has 2 rings (SSSR count). The molecule has 6 heteroatoms. The molecule has 0 radical (unpaired) electrons. The first kappa shape index (κ1) is 9.45. The molecule has 0 bridgehead atoms. The van der Waals surface area contributed by atoms with Crippen LogP contribution in [0.5, 0.6) is 0 Å². The van der Waals surface area contributed by atoms with E-state index < -0.39 is 11.6 Å². The van der Waals surface area contributed by atoms with Crippen LogP contribution in [0.2, 0.25) is 0 Å². The second-order valence-electron chi connectivity index (χ2n) is 3.31. The highest BCUT2D eigenvalue weighted by Gasteiger charge is 2.13. The summed E-state index contributed by atoms with van der Waals surface area (Å²) >= 11 is 0. The van der Waals surface area contributed by atoms with Crippen LogP contribution < -0.4 is 11.3 Å². The van der Waals surface area contributed by atoms with Crippen molar-refractivity contribution in [2.45, 2.75) is 13.8 Å². The largest absolute Gasteiger partial charge is 0.351 e. The summed E-state index contributed by atoms with van der Waals surface area (Å²) in [6.45, 7) is 3.44. The predicted molar refractivity (Wildman–Crippen MR) is 53.9 cm³/mol. The van der Waals surface area contributed by atoms with Crippen molar-refractivity contribution in [2.24, 2.45) is 5.73 Å². The Morgan fingerprint density at radius 1 is 1.47 bits per heavy atom. The van der Waals surface area contributed by atoms with Crippen LogP contribution in [0.25, 0.3) is 5.65 Å². The van der Waals surface area contributed by atoms with Gasteiger partial charge in [0.2, 0.25) is 0 Å². The lowest BCUT2D eigenvalue weighted by Crippen LogP contribution is -2.34. The summed E-state index contributed by atoms with van der Waals surface area (Å²) in [4.78, 5) is 26.8. The Balaban J connectivity index is 3.08. The van der Waals surface area contributed by atoms with Crippen molar-refractivity contribution in [3.05, 3.63) is 34.1 Å². The summed E-state index contributed by atoms with van der Waals surface area (Å²) in [6.07, 6.45) is 2.97. The molecule has 0 aliphatic rings. The molecule has 0 fully saturated rings. The minimum absolute atomic E-state index is 0.385. The monoisotopic (exact) mass is 206 g/mol. The van der Waals surface area contributed by atoms with Crippen molar-refractivity contribution >= 4 is 11.7 Å². The van der Waals surface area contributed by atoms with Crippen molar-refractivity contribution < 1.29 is 4.79 Å². The number of carbonyl (C=O) groups is 1. The molecule has 0 aliphatic carbocycles. The van der Waals surface area contributed by atoms with E-state index in [1.807, 2.05) is 0 Å². The number of primary amides is 1. The van der Waals surface area contributed by atoms with Crippen molar-refractivity contribution in [1.29, 1.82) is 0 Å². The molecule has 15 heavy (non-hydrogen) atoms. The molecule has 0 saturated heterocycles. The smallest absolute Gasteiger partial charge is 0.327 e. The zero-order chi connectivity index (χ0) is 11.2. The fourth-order valence-corrected chi connectivity index (χ4v) is 1.53. The maximum absolute atomic E-state index is 11.8. The van der Waals surface area contributed by atoms with E-state index in [0.717, 1.165) is 10.3 Å². The second kappa shape index (κ2) is 2.94. The third-order valence-corrected chi connectivity index (χ3v) is 2.50. The van der Waals surface area contributed by atoms with Crippen LogP contribution in [-0.4, -0.2) is 20.0 Å². The van der Waals surface area contributed by atoms with Gasteiger partial charge in [-0.15, -0.1) is 0 Å². The van der Waals surface area contributed by atoms with E-state index in [4.69, 9.17) is 5.73 Å². The van der Waals surface area contributed by atoms with Crippen LogP contribution in [0.4, 0.5) is 4.79 Å². The molecule has 0 spiro atoms. The molecule has 0 aliphatic heterocycles. The van der Waals surface area contributed by atoms with Gasteiger partial charge in [0, 0.05) is 11.3 Å². The van der Waals surface area contributed by atoms with Gasteiger partial charge in [-0.3, -0.25) is 9.20 Å². The molecule has 2 heterocycles. The highest BCUT2D eigenvalue weighted by Crippen LogP contribution is 2.06. The number of rotatable bonds is 0. The molecule has 2 aromatic rings. The maximum Gasteiger partial charge on any atom is 0.327 e. The number of nitrogens with zero attached hydrogens (tertiary/aromatic N) is 3. The molecular formula is C9H10N4O2. The van der Waals surface area contributed by atoms with Crippen LogP contribution in [0.1, 0.15) is 11.3 Å². The summed E-state index contributed by atoms with van der Waals surface area (Å²) in [5.74, 6) is 0. The number of hydrogen-bond acceptors (Lipinski definition) is 3. The molecule has 1 amide bonds. The molecule has 2 aromatic heterocycles. The minimum Gasteiger partial charge on any atom is -0.351 e. The van der Waals surface area contributed by atoms with Crippen molar-refractivity contribution in [2.75, 3.05) is 0 Å². The first-order valence-electron chi connectivity index (χ1n) is 4.38. The lowest BCUT2D eigenvalue weighted by molar-refractivity contribution is 0.250. The van der Waals surface area contributed by atoms with E-state index in [-0.39, 0.29) is 0 Å². The van der Waals surface area contributed by atoms with Gasteiger partial charge in [-0.05, 0) is 13.8 Å². The predicted octanol–water partition coefficient (Wildman–Crippen LogP) is 0.0396. The standard InChI is InChI=1S/C9H10N4O2/c1-5-6(2)12-4-11-3-7(12)13(8(5)14)9(10)15/h3-4H,1-2H3,(H2,10,15). The Morgan fingerprint density at radius 2 is 2.13 bits per heavy atom. The third-order valence-electron chi connectivity index (χ3n) is 2.50. The second-order valence-corrected chi connectivity index (χ2v) is 3.31. The van der Waals surface area contributed by atoms with Gasteiger partial charge in [0.05, 0.1) is 6.20 Å². The van der Waals surface area contributed by atoms with Crippen molar-refractivity contribution in [3.8, 4) is 0 Å². The van der Waals surface area contributed by atoms with Gasteiger partial charge in [0.1, 0.15) is 12.0 Å². The Hall–Kier alpha value is -2.11. The minimum atomic E-state index is -0.798. The van der Waals surface area contributed by atoms with Gasteiger partial charge in [-0.25, -0.2) is 14.3 Å². The molecule has 0 aromatic carbocycles. The number of hydrogen-bond donors (Lipinski definition) is 1. The van der Waals surface area contributed by atoms with Gasteiger partial charge < -0.3 is 5.73 Å². The highest BCUT2D eigenvalue weighted by atomic mass is 16.2. The summed E-state index contributed by atoms with van der Waals surface area (Å²) in [5, 5.41) is 0. The highest BCUT2D eigenvalue weighted by molar-refractivity contribution is 5.79. The summed E-state index contributed by atoms with van der Waals surface area (Å²) in [5.41, 5.74) is 6.37. The summed E-state index contributed by atoms with van der Waals surface area (Å²) in [7, 11) is 0. The zero-order valence-corrected chi connectivity index (χ0v) is 8.39. The van der Waals surface area contributed by atoms with Crippen molar-refractivity contribution in [1.82, 2.24) is 14.0 Å². The van der Waals surface area contributed by atoms with Crippen LogP contribution in [0.3, 0.4) is 0 Å². The Bertz CT molecular complexity index is 608. The fraction of sp³-hybridized carbons (Fsp3) is 0.222. The SMILES string of the molecule is Cc1c(C)n2cncc2n(C(N)=O)c1=O. The van der Waals surface area contributed by atoms with Gasteiger partial charge in [0.25, 0.3) is 5.56 Å². The topological polar surface area (TPSA) is 82.4 Å². The van der Waals surface area contributed by atoms with Gasteiger partial charge in [0.15, 0.2) is 0 Å². The van der Waals surface area contributed by atoms with Crippen LogP contribution in [-0.2, 0) is 0 Å². The fourth-order valence-electron chi connectivity index (χ4n) is 1.53. The number of imidazole rings is 1. The van der Waals surface area contributed by atoms with Crippen molar-refractivity contribution in [3.63, 3.8) is 0 Å². The zero-order valence-electron chi connectivity index (χ0n) is 8.39. The van der Waals surface area contributed by atoms with E-state index >= 15 is 0 Å². The number of carbonyl (C=O) groups excluding carboxylic acids is 1.